The molecule has 6 nitrogen and oxygen atoms in total. The Kier molecular flexibility index (Phi) is 5.84. The summed E-state index contributed by atoms with van der Waals surface area (Å²) in [5, 5.41) is 0. The van der Waals surface area contributed by atoms with E-state index in [-0.39, 0.29) is 11.8 Å². The van der Waals surface area contributed by atoms with E-state index < -0.39 is 0 Å². The highest BCUT2D eigenvalue weighted by molar-refractivity contribution is 5.96. The van der Waals surface area contributed by atoms with Gasteiger partial charge in [0.15, 0.2) is 0 Å². The maximum atomic E-state index is 12.8. The average Bonchev–Trinajstić information content (AvgIpc) is 2.86. The summed E-state index contributed by atoms with van der Waals surface area (Å²) in [6.45, 7) is 8.80. The van der Waals surface area contributed by atoms with Crippen molar-refractivity contribution >= 4 is 11.8 Å². The lowest BCUT2D eigenvalue weighted by molar-refractivity contribution is 0.0718. The van der Waals surface area contributed by atoms with Crippen LogP contribution in [0.25, 0.3) is 0 Å². The van der Waals surface area contributed by atoms with Gasteiger partial charge >= 0.3 is 0 Å². The number of nitrogens with one attached hydrogen (secondary N) is 1. The van der Waals surface area contributed by atoms with Gasteiger partial charge in [0, 0.05) is 43.1 Å². The van der Waals surface area contributed by atoms with Gasteiger partial charge in [0.05, 0.1) is 12.2 Å². The summed E-state index contributed by atoms with van der Waals surface area (Å²) in [5.41, 5.74) is 3.25. The number of hydrogen-bond acceptors (Lipinski definition) is 3. The second-order valence-corrected chi connectivity index (χ2v) is 6.89. The van der Waals surface area contributed by atoms with Crippen molar-refractivity contribution < 1.29 is 14.3 Å². The van der Waals surface area contributed by atoms with E-state index in [1.807, 2.05) is 48.8 Å². The SMILES string of the molecule is CCOc1ccc(C(=O)N2CCCN(C(=O)c3cc(C)[nH]c3C)CC2)cc1. The number of aromatic amines is 1. The van der Waals surface area contributed by atoms with Crippen LogP contribution in [0, 0.1) is 13.8 Å². The van der Waals surface area contributed by atoms with E-state index in [1.165, 1.54) is 0 Å². The Morgan fingerprint density at radius 2 is 1.63 bits per heavy atom. The van der Waals surface area contributed by atoms with Crippen LogP contribution < -0.4 is 4.74 Å². The Morgan fingerprint density at radius 3 is 2.19 bits per heavy atom. The third kappa shape index (κ3) is 4.32. The first-order valence-electron chi connectivity index (χ1n) is 9.47. The number of hydrogen-bond donors (Lipinski definition) is 1. The second-order valence-electron chi connectivity index (χ2n) is 6.89. The van der Waals surface area contributed by atoms with Crippen molar-refractivity contribution in [1.29, 1.82) is 0 Å². The molecule has 1 aliphatic heterocycles. The van der Waals surface area contributed by atoms with Gasteiger partial charge < -0.3 is 19.5 Å². The fourth-order valence-electron chi connectivity index (χ4n) is 3.48. The molecule has 0 atom stereocenters. The first kappa shape index (κ1) is 19.0. The molecule has 2 heterocycles. The highest BCUT2D eigenvalue weighted by Crippen LogP contribution is 2.17. The Morgan fingerprint density at radius 1 is 1.00 bits per heavy atom. The summed E-state index contributed by atoms with van der Waals surface area (Å²) in [4.78, 5) is 32.5. The minimum atomic E-state index is 0.000942. The van der Waals surface area contributed by atoms with Crippen molar-refractivity contribution in [2.75, 3.05) is 32.8 Å². The van der Waals surface area contributed by atoms with Gasteiger partial charge in [-0.05, 0) is 57.5 Å². The van der Waals surface area contributed by atoms with Crippen LogP contribution in [0.2, 0.25) is 0 Å². The molecule has 2 amide bonds. The van der Waals surface area contributed by atoms with Crippen LogP contribution in [0.4, 0.5) is 0 Å². The van der Waals surface area contributed by atoms with Crippen molar-refractivity contribution in [3.05, 3.63) is 52.8 Å². The minimum absolute atomic E-state index is 0.000942. The molecule has 0 radical (unpaired) electrons. The zero-order chi connectivity index (χ0) is 19.4. The molecule has 0 aliphatic carbocycles. The van der Waals surface area contributed by atoms with E-state index in [1.54, 1.807) is 12.1 Å². The smallest absolute Gasteiger partial charge is 0.255 e. The van der Waals surface area contributed by atoms with Gasteiger partial charge in [-0.1, -0.05) is 0 Å². The van der Waals surface area contributed by atoms with Crippen LogP contribution >= 0.6 is 0 Å². The zero-order valence-electron chi connectivity index (χ0n) is 16.2. The Hall–Kier alpha value is -2.76. The lowest BCUT2D eigenvalue weighted by Crippen LogP contribution is -2.37. The predicted octanol–water partition coefficient (Wildman–Crippen LogP) is 3.02. The van der Waals surface area contributed by atoms with E-state index >= 15 is 0 Å². The van der Waals surface area contributed by atoms with Crippen molar-refractivity contribution in [3.63, 3.8) is 0 Å². The number of carbonyl (C=O) groups is 2. The molecule has 6 heteroatoms. The molecule has 0 saturated carbocycles. The fraction of sp³-hybridized carbons (Fsp3) is 0.429. The van der Waals surface area contributed by atoms with Gasteiger partial charge in [0.25, 0.3) is 11.8 Å². The lowest BCUT2D eigenvalue weighted by Gasteiger charge is -2.22. The van der Waals surface area contributed by atoms with Crippen LogP contribution in [-0.2, 0) is 0 Å². The second kappa shape index (κ2) is 8.29. The number of aryl methyl sites for hydroxylation is 2. The molecule has 0 spiro atoms. The van der Waals surface area contributed by atoms with E-state index in [2.05, 4.69) is 4.98 Å². The van der Waals surface area contributed by atoms with E-state index in [0.717, 1.165) is 29.1 Å². The quantitative estimate of drug-likeness (QED) is 0.901. The van der Waals surface area contributed by atoms with Gasteiger partial charge in [0.2, 0.25) is 0 Å². The summed E-state index contributed by atoms with van der Waals surface area (Å²) >= 11 is 0. The van der Waals surface area contributed by atoms with Crippen molar-refractivity contribution in [2.24, 2.45) is 0 Å². The van der Waals surface area contributed by atoms with Crippen molar-refractivity contribution in [3.8, 4) is 5.75 Å². The summed E-state index contributed by atoms with van der Waals surface area (Å²) in [6.07, 6.45) is 0.775. The van der Waals surface area contributed by atoms with Crippen LogP contribution in [0.1, 0.15) is 45.4 Å². The average molecular weight is 369 g/mol. The number of amides is 2. The van der Waals surface area contributed by atoms with E-state index in [4.69, 9.17) is 4.74 Å². The molecule has 1 fully saturated rings. The van der Waals surface area contributed by atoms with Crippen LogP contribution in [-0.4, -0.2) is 59.4 Å². The largest absolute Gasteiger partial charge is 0.494 e. The fourth-order valence-corrected chi connectivity index (χ4v) is 3.48. The summed E-state index contributed by atoms with van der Waals surface area (Å²) in [5.74, 6) is 0.798. The minimum Gasteiger partial charge on any atom is -0.494 e. The molecule has 1 saturated heterocycles. The monoisotopic (exact) mass is 369 g/mol. The van der Waals surface area contributed by atoms with Crippen LogP contribution in [0.5, 0.6) is 5.75 Å². The maximum absolute atomic E-state index is 12.8. The highest BCUT2D eigenvalue weighted by atomic mass is 16.5. The first-order valence-corrected chi connectivity index (χ1v) is 9.47. The number of carbonyl (C=O) groups excluding carboxylic acids is 2. The number of rotatable bonds is 4. The van der Waals surface area contributed by atoms with Crippen molar-refractivity contribution in [1.82, 2.24) is 14.8 Å². The Balaban J connectivity index is 1.64. The molecular formula is C21H27N3O3. The topological polar surface area (TPSA) is 65.6 Å². The molecule has 2 aromatic rings. The van der Waals surface area contributed by atoms with Gasteiger partial charge in [-0.15, -0.1) is 0 Å². The molecule has 1 N–H and O–H groups in total. The molecule has 1 aromatic heterocycles. The first-order chi connectivity index (χ1) is 13.0. The Bertz CT molecular complexity index is 811. The molecule has 144 valence electrons. The maximum Gasteiger partial charge on any atom is 0.255 e. The van der Waals surface area contributed by atoms with Crippen LogP contribution in [0.3, 0.4) is 0 Å². The standard InChI is InChI=1S/C21H27N3O3/c1-4-27-18-8-6-17(7-9-18)20(25)23-10-5-11-24(13-12-23)21(26)19-14-15(2)22-16(19)3/h6-9,14,22H,4-5,10-13H2,1-3H3. The number of benzene rings is 1. The van der Waals surface area contributed by atoms with E-state index in [9.17, 15) is 9.59 Å². The van der Waals surface area contributed by atoms with E-state index in [0.29, 0.717) is 38.3 Å². The lowest BCUT2D eigenvalue weighted by atomic mass is 10.2. The van der Waals surface area contributed by atoms with Gasteiger partial charge in [0.1, 0.15) is 5.75 Å². The molecule has 0 bridgehead atoms. The molecule has 1 aromatic carbocycles. The van der Waals surface area contributed by atoms with Gasteiger partial charge in [-0.25, -0.2) is 0 Å². The third-order valence-electron chi connectivity index (χ3n) is 4.86. The molecule has 3 rings (SSSR count). The van der Waals surface area contributed by atoms with Gasteiger partial charge in [-0.3, -0.25) is 9.59 Å². The number of H-pyrrole nitrogens is 1. The summed E-state index contributed by atoms with van der Waals surface area (Å²) in [6, 6.07) is 9.13. The molecule has 1 aliphatic rings. The molecular weight excluding hydrogens is 342 g/mol. The predicted molar refractivity (Wildman–Crippen MR) is 104 cm³/mol. The normalized spacial score (nSPS) is 14.8. The number of aromatic nitrogens is 1. The number of nitrogens with zero attached hydrogens (tertiary/aromatic N) is 2. The molecule has 0 unspecified atom stereocenters. The van der Waals surface area contributed by atoms with Crippen molar-refractivity contribution in [2.45, 2.75) is 27.2 Å². The van der Waals surface area contributed by atoms with Crippen LogP contribution in [0.15, 0.2) is 30.3 Å². The zero-order valence-corrected chi connectivity index (χ0v) is 16.2. The summed E-state index contributed by atoms with van der Waals surface area (Å²) < 4.78 is 5.43. The Labute approximate surface area is 160 Å². The van der Waals surface area contributed by atoms with Gasteiger partial charge in [-0.2, -0.15) is 0 Å². The highest BCUT2D eigenvalue weighted by Gasteiger charge is 2.24. The third-order valence-corrected chi connectivity index (χ3v) is 4.86. The molecule has 27 heavy (non-hydrogen) atoms. The number of ether oxygens (including phenoxy) is 1. The summed E-state index contributed by atoms with van der Waals surface area (Å²) in [7, 11) is 0.